The molecule has 6 nitrogen and oxygen atoms in total. The fourth-order valence-corrected chi connectivity index (χ4v) is 4.23. The number of hydrogen-bond acceptors (Lipinski definition) is 4. The first-order chi connectivity index (χ1) is 10.9. The molecule has 1 aliphatic heterocycles. The Hall–Kier alpha value is -1.15. The second-order valence-corrected chi connectivity index (χ2v) is 7.80. The van der Waals surface area contributed by atoms with Gasteiger partial charge in [0.2, 0.25) is 15.9 Å². The van der Waals surface area contributed by atoms with Gasteiger partial charge < -0.3 is 10.6 Å². The molecule has 1 aromatic carbocycles. The van der Waals surface area contributed by atoms with Crippen molar-refractivity contribution in [3.05, 3.63) is 24.3 Å². The molecule has 1 amide bonds. The summed E-state index contributed by atoms with van der Waals surface area (Å²) in [7, 11) is -3.45. The van der Waals surface area contributed by atoms with Gasteiger partial charge in [-0.3, -0.25) is 4.79 Å². The number of hydrogen-bond donors (Lipinski definition) is 2. The second-order valence-electron chi connectivity index (χ2n) is 5.86. The van der Waals surface area contributed by atoms with Crippen LogP contribution in [0.15, 0.2) is 29.2 Å². The SMILES string of the molecule is CCNCC1CCN(S(=O)(=O)c2ccc(NC(C)=O)cc2)CC1.Cl. The summed E-state index contributed by atoms with van der Waals surface area (Å²) in [6.45, 7) is 6.51. The summed E-state index contributed by atoms with van der Waals surface area (Å²) >= 11 is 0. The largest absolute Gasteiger partial charge is 0.326 e. The first-order valence-corrected chi connectivity index (χ1v) is 9.46. The molecule has 2 N–H and O–H groups in total. The van der Waals surface area contributed by atoms with Gasteiger partial charge in [-0.2, -0.15) is 4.31 Å². The number of sulfonamides is 1. The fourth-order valence-electron chi connectivity index (χ4n) is 2.76. The highest BCUT2D eigenvalue weighted by molar-refractivity contribution is 7.89. The van der Waals surface area contributed by atoms with Crippen LogP contribution in [0.4, 0.5) is 5.69 Å². The van der Waals surface area contributed by atoms with Gasteiger partial charge in [-0.25, -0.2) is 8.42 Å². The molecule has 0 atom stereocenters. The second kappa shape index (κ2) is 9.36. The standard InChI is InChI=1S/C16H25N3O3S.ClH/c1-3-17-12-14-8-10-19(11-9-14)23(21,22)16-6-4-15(5-7-16)18-13(2)20;/h4-7,14,17H,3,8-12H2,1-2H3,(H,18,20);1H. The molecule has 0 unspecified atom stereocenters. The number of anilines is 1. The van der Waals surface area contributed by atoms with Crippen LogP contribution in [0.5, 0.6) is 0 Å². The summed E-state index contributed by atoms with van der Waals surface area (Å²) in [5, 5.41) is 5.96. The molecular weight excluding hydrogens is 350 g/mol. The maximum Gasteiger partial charge on any atom is 0.243 e. The number of carbonyl (C=O) groups excluding carboxylic acids is 1. The first kappa shape index (κ1) is 20.9. The van der Waals surface area contributed by atoms with Crippen molar-refractivity contribution in [3.63, 3.8) is 0 Å². The molecule has 1 aliphatic rings. The van der Waals surface area contributed by atoms with Crippen LogP contribution in [0.3, 0.4) is 0 Å². The number of benzene rings is 1. The Morgan fingerprint density at radius 3 is 2.29 bits per heavy atom. The minimum absolute atomic E-state index is 0. The molecule has 24 heavy (non-hydrogen) atoms. The van der Waals surface area contributed by atoms with E-state index in [1.165, 1.54) is 6.92 Å². The van der Waals surface area contributed by atoms with E-state index in [0.717, 1.165) is 25.9 Å². The van der Waals surface area contributed by atoms with Gasteiger partial charge in [0.05, 0.1) is 4.90 Å². The van der Waals surface area contributed by atoms with E-state index < -0.39 is 10.0 Å². The summed E-state index contributed by atoms with van der Waals surface area (Å²) in [5.74, 6) is 0.368. The summed E-state index contributed by atoms with van der Waals surface area (Å²) < 4.78 is 26.9. The van der Waals surface area contributed by atoms with Crippen molar-refractivity contribution >= 4 is 34.0 Å². The molecule has 0 aliphatic carbocycles. The van der Waals surface area contributed by atoms with Gasteiger partial charge in [0.1, 0.15) is 0 Å². The quantitative estimate of drug-likeness (QED) is 0.797. The van der Waals surface area contributed by atoms with Crippen LogP contribution < -0.4 is 10.6 Å². The van der Waals surface area contributed by atoms with Crippen LogP contribution in [0.25, 0.3) is 0 Å². The van der Waals surface area contributed by atoms with Gasteiger partial charge in [0.15, 0.2) is 0 Å². The third-order valence-corrected chi connectivity index (χ3v) is 5.98. The molecule has 1 saturated heterocycles. The van der Waals surface area contributed by atoms with E-state index in [2.05, 4.69) is 17.6 Å². The molecule has 0 aromatic heterocycles. The molecule has 0 saturated carbocycles. The van der Waals surface area contributed by atoms with E-state index in [1.54, 1.807) is 28.6 Å². The predicted octanol–water partition coefficient (Wildman–Crippen LogP) is 2.08. The van der Waals surface area contributed by atoms with Gasteiger partial charge in [0, 0.05) is 25.7 Å². The summed E-state index contributed by atoms with van der Waals surface area (Å²) in [4.78, 5) is 11.3. The van der Waals surface area contributed by atoms with Crippen molar-refractivity contribution in [1.29, 1.82) is 0 Å². The number of carbonyl (C=O) groups is 1. The number of rotatable bonds is 6. The highest BCUT2D eigenvalue weighted by Gasteiger charge is 2.29. The van der Waals surface area contributed by atoms with E-state index in [9.17, 15) is 13.2 Å². The lowest BCUT2D eigenvalue weighted by molar-refractivity contribution is -0.114. The summed E-state index contributed by atoms with van der Waals surface area (Å²) in [6, 6.07) is 6.33. The van der Waals surface area contributed by atoms with E-state index in [-0.39, 0.29) is 23.2 Å². The minimum Gasteiger partial charge on any atom is -0.326 e. The lowest BCUT2D eigenvalue weighted by Gasteiger charge is -2.31. The fraction of sp³-hybridized carbons (Fsp3) is 0.562. The zero-order chi connectivity index (χ0) is 16.9. The zero-order valence-corrected chi connectivity index (χ0v) is 15.8. The maximum absolute atomic E-state index is 12.7. The Bertz CT molecular complexity index is 626. The smallest absolute Gasteiger partial charge is 0.243 e. The van der Waals surface area contributed by atoms with Gasteiger partial charge in [-0.05, 0) is 56.1 Å². The predicted molar refractivity (Wildman–Crippen MR) is 98.0 cm³/mol. The van der Waals surface area contributed by atoms with E-state index in [1.807, 2.05) is 0 Å². The molecule has 0 spiro atoms. The van der Waals surface area contributed by atoms with Crippen molar-refractivity contribution in [1.82, 2.24) is 9.62 Å². The van der Waals surface area contributed by atoms with Crippen molar-refractivity contribution in [2.75, 3.05) is 31.5 Å². The summed E-state index contributed by atoms with van der Waals surface area (Å²) in [5.41, 5.74) is 0.598. The number of nitrogens with one attached hydrogen (secondary N) is 2. The Morgan fingerprint density at radius 2 is 1.79 bits per heavy atom. The number of amides is 1. The van der Waals surface area contributed by atoms with Crippen LogP contribution in [0.1, 0.15) is 26.7 Å². The monoisotopic (exact) mass is 375 g/mol. The highest BCUT2D eigenvalue weighted by atomic mass is 35.5. The Kier molecular flexibility index (Phi) is 8.15. The van der Waals surface area contributed by atoms with Crippen LogP contribution in [0.2, 0.25) is 0 Å². The van der Waals surface area contributed by atoms with Gasteiger partial charge in [-0.15, -0.1) is 12.4 Å². The van der Waals surface area contributed by atoms with Crippen molar-refractivity contribution in [2.45, 2.75) is 31.6 Å². The number of piperidine rings is 1. The van der Waals surface area contributed by atoms with Crippen LogP contribution in [0, 0.1) is 5.92 Å². The maximum atomic E-state index is 12.7. The van der Waals surface area contributed by atoms with Crippen LogP contribution >= 0.6 is 12.4 Å². The molecule has 8 heteroatoms. The highest BCUT2D eigenvalue weighted by Crippen LogP contribution is 2.24. The Labute approximate surface area is 150 Å². The van der Waals surface area contributed by atoms with E-state index >= 15 is 0 Å². The third-order valence-electron chi connectivity index (χ3n) is 4.07. The molecule has 1 fully saturated rings. The molecule has 136 valence electrons. The molecule has 1 heterocycles. The zero-order valence-electron chi connectivity index (χ0n) is 14.1. The first-order valence-electron chi connectivity index (χ1n) is 8.02. The van der Waals surface area contributed by atoms with E-state index in [4.69, 9.17) is 0 Å². The lowest BCUT2D eigenvalue weighted by atomic mass is 9.98. The van der Waals surface area contributed by atoms with Gasteiger partial charge >= 0.3 is 0 Å². The molecule has 1 aromatic rings. The average Bonchev–Trinajstić information content (AvgIpc) is 2.53. The van der Waals surface area contributed by atoms with E-state index in [0.29, 0.717) is 24.7 Å². The topological polar surface area (TPSA) is 78.5 Å². The third kappa shape index (κ3) is 5.44. The Balaban J connectivity index is 0.00000288. The lowest BCUT2D eigenvalue weighted by Crippen LogP contribution is -2.40. The summed E-state index contributed by atoms with van der Waals surface area (Å²) in [6.07, 6.45) is 1.77. The number of nitrogens with zero attached hydrogens (tertiary/aromatic N) is 1. The average molecular weight is 376 g/mol. The molecule has 0 radical (unpaired) electrons. The van der Waals surface area contributed by atoms with Gasteiger partial charge in [0.25, 0.3) is 0 Å². The van der Waals surface area contributed by atoms with Crippen LogP contribution in [-0.4, -0.2) is 44.8 Å². The molecular formula is C16H26ClN3O3S. The van der Waals surface area contributed by atoms with Crippen molar-refractivity contribution in [2.24, 2.45) is 5.92 Å². The van der Waals surface area contributed by atoms with Crippen LogP contribution in [-0.2, 0) is 14.8 Å². The van der Waals surface area contributed by atoms with Crippen molar-refractivity contribution < 1.29 is 13.2 Å². The normalized spacial score (nSPS) is 16.4. The minimum atomic E-state index is -3.45. The molecule has 2 rings (SSSR count). The van der Waals surface area contributed by atoms with Crippen molar-refractivity contribution in [3.8, 4) is 0 Å². The number of halogens is 1. The Morgan fingerprint density at radius 1 is 1.21 bits per heavy atom. The molecule has 0 bridgehead atoms. The van der Waals surface area contributed by atoms with Gasteiger partial charge in [-0.1, -0.05) is 6.92 Å².